The number of nitrogens with one attached hydrogen (secondary N) is 1. The van der Waals surface area contributed by atoms with Gasteiger partial charge >= 0.3 is 11.9 Å². The van der Waals surface area contributed by atoms with Crippen molar-refractivity contribution in [1.82, 2.24) is 5.43 Å². The second-order valence-corrected chi connectivity index (χ2v) is 7.39. The number of benzene rings is 2. The van der Waals surface area contributed by atoms with Crippen molar-refractivity contribution in [2.45, 2.75) is 13.8 Å². The smallest absolute Gasteiger partial charge is 0.337 e. The molecule has 166 valence electrons. The SMILES string of the molecule is CCOc1cc(/C=C2\C(=O)NN(c3ccc(C(=O)OC)cc3)C2=O)cc(Br)c1OC(C)=O. The van der Waals surface area contributed by atoms with Crippen LogP contribution in [0.3, 0.4) is 0 Å². The quantitative estimate of drug-likeness (QED) is 0.279. The Morgan fingerprint density at radius 2 is 1.84 bits per heavy atom. The zero-order valence-electron chi connectivity index (χ0n) is 17.4. The molecule has 2 aromatic rings. The maximum Gasteiger partial charge on any atom is 0.337 e. The predicted octanol–water partition coefficient (Wildman–Crippen LogP) is 3.02. The molecule has 0 aromatic heterocycles. The number of hydrogen-bond donors (Lipinski definition) is 1. The lowest BCUT2D eigenvalue weighted by atomic mass is 10.1. The highest BCUT2D eigenvalue weighted by atomic mass is 79.9. The fourth-order valence-electron chi connectivity index (χ4n) is 2.95. The van der Waals surface area contributed by atoms with Crippen LogP contribution in [0.15, 0.2) is 46.4 Å². The molecule has 1 N–H and O–H groups in total. The molecule has 0 radical (unpaired) electrons. The number of rotatable bonds is 6. The fourth-order valence-corrected chi connectivity index (χ4v) is 3.49. The van der Waals surface area contributed by atoms with Crippen molar-refractivity contribution in [2.24, 2.45) is 0 Å². The molecule has 0 atom stereocenters. The molecule has 10 heteroatoms. The first-order chi connectivity index (χ1) is 15.2. The number of ether oxygens (including phenoxy) is 3. The molecule has 0 unspecified atom stereocenters. The zero-order chi connectivity index (χ0) is 23.4. The van der Waals surface area contributed by atoms with Crippen LogP contribution in [0.1, 0.15) is 29.8 Å². The van der Waals surface area contributed by atoms with Crippen LogP contribution in [0.2, 0.25) is 0 Å². The van der Waals surface area contributed by atoms with E-state index in [1.165, 1.54) is 44.4 Å². The molecule has 2 amide bonds. The molecule has 0 spiro atoms. The van der Waals surface area contributed by atoms with E-state index in [9.17, 15) is 19.2 Å². The van der Waals surface area contributed by atoms with Crippen LogP contribution >= 0.6 is 15.9 Å². The summed E-state index contributed by atoms with van der Waals surface area (Å²) in [5.41, 5.74) is 3.56. The highest BCUT2D eigenvalue weighted by molar-refractivity contribution is 9.10. The maximum absolute atomic E-state index is 12.9. The zero-order valence-corrected chi connectivity index (χ0v) is 19.0. The molecule has 0 aliphatic carbocycles. The molecule has 1 saturated heterocycles. The Morgan fingerprint density at radius 1 is 1.16 bits per heavy atom. The Morgan fingerprint density at radius 3 is 2.44 bits per heavy atom. The van der Waals surface area contributed by atoms with Gasteiger partial charge in [0, 0.05) is 6.92 Å². The topological polar surface area (TPSA) is 111 Å². The van der Waals surface area contributed by atoms with Crippen molar-refractivity contribution >= 4 is 51.4 Å². The predicted molar refractivity (Wildman–Crippen MR) is 118 cm³/mol. The van der Waals surface area contributed by atoms with Gasteiger partial charge in [-0.1, -0.05) is 0 Å². The first-order valence-corrected chi connectivity index (χ1v) is 10.2. The number of hydrazine groups is 1. The largest absolute Gasteiger partial charge is 0.490 e. The van der Waals surface area contributed by atoms with E-state index in [4.69, 9.17) is 9.47 Å². The van der Waals surface area contributed by atoms with Gasteiger partial charge < -0.3 is 14.2 Å². The monoisotopic (exact) mass is 502 g/mol. The summed E-state index contributed by atoms with van der Waals surface area (Å²) in [5, 5.41) is 1.08. The van der Waals surface area contributed by atoms with Gasteiger partial charge in [-0.15, -0.1) is 0 Å². The molecule has 9 nitrogen and oxygen atoms in total. The summed E-state index contributed by atoms with van der Waals surface area (Å²) in [7, 11) is 1.27. The van der Waals surface area contributed by atoms with Crippen LogP contribution in [0, 0.1) is 0 Å². The van der Waals surface area contributed by atoms with Crippen molar-refractivity contribution in [3.8, 4) is 11.5 Å². The number of hydrogen-bond acceptors (Lipinski definition) is 7. The van der Waals surface area contributed by atoms with Crippen LogP contribution < -0.4 is 19.9 Å². The Balaban J connectivity index is 1.92. The summed E-state index contributed by atoms with van der Waals surface area (Å²) >= 11 is 3.33. The molecule has 2 aromatic carbocycles. The third-order valence-electron chi connectivity index (χ3n) is 4.33. The Bertz CT molecular complexity index is 1130. The van der Waals surface area contributed by atoms with Gasteiger partial charge in [-0.3, -0.25) is 19.8 Å². The molecule has 1 heterocycles. The molecule has 0 bridgehead atoms. The number of esters is 2. The molecule has 32 heavy (non-hydrogen) atoms. The Hall–Kier alpha value is -3.66. The summed E-state index contributed by atoms with van der Waals surface area (Å²) in [5.74, 6) is -1.70. The van der Waals surface area contributed by atoms with Gasteiger partial charge in [-0.25, -0.2) is 9.80 Å². The summed E-state index contributed by atoms with van der Waals surface area (Å²) in [6.45, 7) is 3.36. The van der Waals surface area contributed by atoms with E-state index in [-0.39, 0.29) is 17.1 Å². The van der Waals surface area contributed by atoms with Gasteiger partial charge in [-0.2, -0.15) is 0 Å². The van der Waals surface area contributed by atoms with E-state index in [1.807, 2.05) is 0 Å². The molecule has 1 fully saturated rings. The standard InChI is InChI=1S/C22H19BrN2O7/c1-4-31-18-11-13(10-17(23)19(18)32-12(2)26)9-16-20(27)24-25(21(16)28)15-7-5-14(6-8-15)22(29)30-3/h5-11H,4H2,1-3H3,(H,24,27)/b16-9+. The van der Waals surface area contributed by atoms with Gasteiger partial charge in [0.1, 0.15) is 5.57 Å². The number of carbonyl (C=O) groups excluding carboxylic acids is 4. The summed E-state index contributed by atoms with van der Waals surface area (Å²) in [6.07, 6.45) is 1.41. The van der Waals surface area contributed by atoms with Crippen molar-refractivity contribution in [1.29, 1.82) is 0 Å². The molecule has 3 rings (SSSR count). The molecule has 0 saturated carbocycles. The van der Waals surface area contributed by atoms with Crippen molar-refractivity contribution in [3.63, 3.8) is 0 Å². The Labute approximate surface area is 192 Å². The lowest BCUT2D eigenvalue weighted by molar-refractivity contribution is -0.132. The third kappa shape index (κ3) is 4.80. The summed E-state index contributed by atoms with van der Waals surface area (Å²) in [4.78, 5) is 48.3. The first-order valence-electron chi connectivity index (χ1n) is 9.45. The minimum Gasteiger partial charge on any atom is -0.490 e. The second kappa shape index (κ2) is 9.65. The van der Waals surface area contributed by atoms with Gasteiger partial charge in [0.15, 0.2) is 11.5 Å². The van der Waals surface area contributed by atoms with Gasteiger partial charge in [0.2, 0.25) is 0 Å². The molecular weight excluding hydrogens is 484 g/mol. The van der Waals surface area contributed by atoms with Crippen LogP contribution in [-0.2, 0) is 19.1 Å². The lowest BCUT2D eigenvalue weighted by Gasteiger charge is -2.14. The minimum atomic E-state index is -0.592. The number of nitrogens with zero attached hydrogens (tertiary/aromatic N) is 1. The lowest BCUT2D eigenvalue weighted by Crippen LogP contribution is -2.35. The number of halogens is 1. The van der Waals surface area contributed by atoms with Crippen LogP contribution in [-0.4, -0.2) is 37.5 Å². The summed E-state index contributed by atoms with van der Waals surface area (Å²) < 4.78 is 15.8. The average Bonchev–Trinajstić information content (AvgIpc) is 3.04. The molecule has 1 aliphatic heterocycles. The van der Waals surface area contributed by atoms with E-state index in [2.05, 4.69) is 26.1 Å². The highest BCUT2D eigenvalue weighted by Gasteiger charge is 2.34. The summed E-state index contributed by atoms with van der Waals surface area (Å²) in [6, 6.07) is 9.18. The van der Waals surface area contributed by atoms with Gasteiger partial charge in [0.05, 0.1) is 29.4 Å². The fraction of sp³-hybridized carbons (Fsp3) is 0.182. The third-order valence-corrected chi connectivity index (χ3v) is 4.92. The van der Waals surface area contributed by atoms with Crippen LogP contribution in [0.4, 0.5) is 5.69 Å². The highest BCUT2D eigenvalue weighted by Crippen LogP contribution is 2.38. The second-order valence-electron chi connectivity index (χ2n) is 6.53. The van der Waals surface area contributed by atoms with E-state index >= 15 is 0 Å². The van der Waals surface area contributed by atoms with Crippen LogP contribution in [0.25, 0.3) is 6.08 Å². The average molecular weight is 503 g/mol. The number of anilines is 1. The van der Waals surface area contributed by atoms with Crippen LogP contribution in [0.5, 0.6) is 11.5 Å². The number of amides is 2. The van der Waals surface area contributed by atoms with Gasteiger partial charge in [0.25, 0.3) is 11.8 Å². The van der Waals surface area contributed by atoms with Crippen molar-refractivity contribution in [2.75, 3.05) is 18.7 Å². The van der Waals surface area contributed by atoms with Gasteiger partial charge in [-0.05, 0) is 70.9 Å². The van der Waals surface area contributed by atoms with E-state index in [0.717, 1.165) is 5.01 Å². The van der Waals surface area contributed by atoms with E-state index in [1.54, 1.807) is 19.1 Å². The number of methoxy groups -OCH3 is 1. The first kappa shape index (κ1) is 23.0. The van der Waals surface area contributed by atoms with Crippen molar-refractivity contribution in [3.05, 3.63) is 57.6 Å². The van der Waals surface area contributed by atoms with Crippen molar-refractivity contribution < 1.29 is 33.4 Å². The molecular formula is C22H19BrN2O7. The normalized spacial score (nSPS) is 14.4. The molecule has 1 aliphatic rings. The number of carbonyl (C=O) groups is 4. The minimum absolute atomic E-state index is 0.100. The van der Waals surface area contributed by atoms with E-state index in [0.29, 0.717) is 27.9 Å². The van der Waals surface area contributed by atoms with E-state index < -0.39 is 23.8 Å². The maximum atomic E-state index is 12.9. The Kier molecular flexibility index (Phi) is 6.94.